The fourth-order valence-corrected chi connectivity index (χ4v) is 2.54. The molecule has 1 aliphatic rings. The molecule has 2 rings (SSSR count). The summed E-state index contributed by atoms with van der Waals surface area (Å²) in [5.74, 6) is 0.277. The molecule has 0 bridgehead atoms. The van der Waals surface area contributed by atoms with Crippen LogP contribution in [-0.4, -0.2) is 50.1 Å². The maximum Gasteiger partial charge on any atom is 0.313 e. The van der Waals surface area contributed by atoms with Crippen LogP contribution >= 0.6 is 9.24 Å². The Morgan fingerprint density at radius 1 is 1.26 bits per heavy atom. The summed E-state index contributed by atoms with van der Waals surface area (Å²) in [6, 6.07) is 5.48. The van der Waals surface area contributed by atoms with Crippen molar-refractivity contribution in [1.82, 2.24) is 0 Å². The number of benzene rings is 1. The molecule has 1 aromatic rings. The molecule has 1 atom stereocenters. The van der Waals surface area contributed by atoms with Crippen LogP contribution in [0.1, 0.15) is 51.9 Å². The topological polar surface area (TPSA) is 54.0 Å². The van der Waals surface area contributed by atoms with Gasteiger partial charge in [-0.05, 0) is 39.2 Å². The number of rotatable bonds is 8. The molecule has 1 unspecified atom stereocenters. The summed E-state index contributed by atoms with van der Waals surface area (Å²) >= 11 is 0. The molecule has 0 spiro atoms. The third-order valence-electron chi connectivity index (χ3n) is 5.23. The van der Waals surface area contributed by atoms with Crippen LogP contribution in [0.2, 0.25) is 0 Å². The Labute approximate surface area is 166 Å². The average Bonchev–Trinajstić information content (AvgIpc) is 2.58. The van der Waals surface area contributed by atoms with Gasteiger partial charge in [-0.2, -0.15) is 0 Å². The van der Waals surface area contributed by atoms with Crippen LogP contribution in [-0.2, 0) is 14.1 Å². The molecule has 0 aliphatic carbocycles. The van der Waals surface area contributed by atoms with Gasteiger partial charge in [0, 0.05) is 16.6 Å². The number of carbonyl (C=O) groups excluding carboxylic acids is 1. The normalized spacial score (nSPS) is 18.2. The first kappa shape index (κ1) is 22.4. The van der Waals surface area contributed by atoms with Gasteiger partial charge in [-0.3, -0.25) is 4.79 Å². The Kier molecular flexibility index (Phi) is 7.13. The highest BCUT2D eigenvalue weighted by molar-refractivity contribution is 7.19. The first-order valence-corrected chi connectivity index (χ1v) is 9.93. The maximum atomic E-state index is 11.5. The zero-order valence-corrected chi connectivity index (χ0v) is 18.5. The van der Waals surface area contributed by atoms with E-state index < -0.39 is 5.79 Å². The molecule has 0 N–H and O–H groups in total. The molecule has 1 saturated heterocycles. The summed E-state index contributed by atoms with van der Waals surface area (Å²) in [6.45, 7) is 13.7. The van der Waals surface area contributed by atoms with E-state index in [1.54, 1.807) is 6.07 Å². The first-order valence-electron chi connectivity index (χ1n) is 9.36. The van der Waals surface area contributed by atoms with Gasteiger partial charge in [0.1, 0.15) is 12.0 Å². The fraction of sp³-hybridized carbons (Fsp3) is 0.650. The molecule has 1 fully saturated rings. The smallest absolute Gasteiger partial charge is 0.313 e. The van der Waals surface area contributed by atoms with Gasteiger partial charge in [-0.1, -0.05) is 26.0 Å². The number of hydrogen-bond acceptors (Lipinski definition) is 5. The van der Waals surface area contributed by atoms with E-state index in [0.717, 1.165) is 11.7 Å². The lowest BCUT2D eigenvalue weighted by Gasteiger charge is -2.39. The summed E-state index contributed by atoms with van der Waals surface area (Å²) in [5, 5.41) is -0.117. The number of hydrogen-bond donors (Lipinski definition) is 0. The van der Waals surface area contributed by atoms with Crippen LogP contribution in [0.25, 0.3) is 0 Å². The summed E-state index contributed by atoms with van der Waals surface area (Å²) in [4.78, 5) is 11.5. The second kappa shape index (κ2) is 8.61. The third kappa shape index (κ3) is 6.02. The van der Waals surface area contributed by atoms with Crippen molar-refractivity contribution in [1.29, 1.82) is 0 Å². The molecule has 1 heterocycles. The van der Waals surface area contributed by atoms with E-state index in [9.17, 15) is 4.79 Å². The van der Waals surface area contributed by atoms with Crippen molar-refractivity contribution in [2.45, 2.75) is 58.1 Å². The van der Waals surface area contributed by atoms with Gasteiger partial charge in [0.15, 0.2) is 5.79 Å². The Morgan fingerprint density at radius 2 is 1.89 bits per heavy atom. The standard InChI is InChI=1S/C20H32BO5P/c1-18(2,19(3,4)27)26-21-17-15(10-22)8-7-9-16(17)23-11-14-12-24-20(5,6)25-13-14/h7-10,14,21H,11-13,27H2,1-6H3. The molecular formula is C20H32BO5P. The van der Waals surface area contributed by atoms with E-state index >= 15 is 0 Å². The molecule has 0 saturated carbocycles. The van der Waals surface area contributed by atoms with E-state index in [-0.39, 0.29) is 16.7 Å². The van der Waals surface area contributed by atoms with Gasteiger partial charge in [-0.15, -0.1) is 9.24 Å². The maximum absolute atomic E-state index is 11.5. The minimum atomic E-state index is -0.538. The van der Waals surface area contributed by atoms with Crippen molar-refractivity contribution in [3.63, 3.8) is 0 Å². The number of carbonyl (C=O) groups is 1. The second-order valence-corrected chi connectivity index (χ2v) is 10.1. The predicted octanol–water partition coefficient (Wildman–Crippen LogP) is 2.70. The predicted molar refractivity (Wildman–Crippen MR) is 113 cm³/mol. The van der Waals surface area contributed by atoms with E-state index in [0.29, 0.717) is 38.6 Å². The molecule has 1 aliphatic heterocycles. The third-order valence-corrected chi connectivity index (χ3v) is 5.93. The van der Waals surface area contributed by atoms with Crippen molar-refractivity contribution in [2.75, 3.05) is 19.8 Å². The Morgan fingerprint density at radius 3 is 2.44 bits per heavy atom. The SMILES string of the molecule is CC1(C)OCC(COc2cccc(C=O)c2BOC(C)(C)C(C)(C)P)CO1. The molecule has 0 amide bonds. The minimum absolute atomic E-state index is 0.117. The van der Waals surface area contributed by atoms with E-state index in [1.807, 2.05) is 39.8 Å². The van der Waals surface area contributed by atoms with Gasteiger partial charge in [0.25, 0.3) is 0 Å². The van der Waals surface area contributed by atoms with Crippen LogP contribution in [0.4, 0.5) is 0 Å². The van der Waals surface area contributed by atoms with Crippen molar-refractivity contribution in [3.8, 4) is 5.75 Å². The zero-order valence-electron chi connectivity index (χ0n) is 17.3. The van der Waals surface area contributed by atoms with Crippen LogP contribution in [0.15, 0.2) is 18.2 Å². The van der Waals surface area contributed by atoms with Crippen LogP contribution in [0.5, 0.6) is 5.75 Å². The molecular weight excluding hydrogens is 362 g/mol. The molecule has 0 radical (unpaired) electrons. The summed E-state index contributed by atoms with van der Waals surface area (Å²) in [5.41, 5.74) is 0.969. The van der Waals surface area contributed by atoms with Crippen LogP contribution in [0.3, 0.4) is 0 Å². The molecule has 150 valence electrons. The molecule has 0 aromatic heterocycles. The monoisotopic (exact) mass is 394 g/mol. The second-order valence-electron chi connectivity index (χ2n) is 8.66. The summed E-state index contributed by atoms with van der Waals surface area (Å²) in [6.07, 6.45) is 0.847. The lowest BCUT2D eigenvalue weighted by atomic mass is 9.80. The molecule has 5 nitrogen and oxygen atoms in total. The van der Waals surface area contributed by atoms with Crippen molar-refractivity contribution >= 4 is 28.5 Å². The first-order chi connectivity index (χ1) is 12.5. The molecule has 27 heavy (non-hydrogen) atoms. The highest BCUT2D eigenvalue weighted by atomic mass is 31.0. The van der Waals surface area contributed by atoms with E-state index in [4.69, 9.17) is 18.9 Å². The Balaban J connectivity index is 2.07. The lowest BCUT2D eigenvalue weighted by Crippen LogP contribution is -2.46. The van der Waals surface area contributed by atoms with E-state index in [1.165, 1.54) is 0 Å². The van der Waals surface area contributed by atoms with Crippen molar-refractivity contribution in [3.05, 3.63) is 23.8 Å². The van der Waals surface area contributed by atoms with Gasteiger partial charge in [0.05, 0.1) is 25.4 Å². The summed E-state index contributed by atoms with van der Waals surface area (Å²) in [7, 11) is 3.12. The van der Waals surface area contributed by atoms with Crippen molar-refractivity contribution in [2.24, 2.45) is 5.92 Å². The number of aldehydes is 1. The zero-order chi connectivity index (χ0) is 20.3. The Hall–Kier alpha value is -0.935. The molecule has 1 aromatic carbocycles. The van der Waals surface area contributed by atoms with Gasteiger partial charge in [0.2, 0.25) is 0 Å². The highest BCUT2D eigenvalue weighted by Crippen LogP contribution is 2.33. The van der Waals surface area contributed by atoms with Crippen molar-refractivity contribution < 1.29 is 23.7 Å². The van der Waals surface area contributed by atoms with Gasteiger partial charge < -0.3 is 18.9 Å². The lowest BCUT2D eigenvalue weighted by molar-refractivity contribution is -0.264. The molecule has 7 heteroatoms. The highest BCUT2D eigenvalue weighted by Gasteiger charge is 2.34. The average molecular weight is 394 g/mol. The largest absolute Gasteiger partial charge is 0.494 e. The van der Waals surface area contributed by atoms with Gasteiger partial charge >= 0.3 is 7.48 Å². The quantitative estimate of drug-likeness (QED) is 0.386. The van der Waals surface area contributed by atoms with Crippen LogP contribution in [0, 0.1) is 5.92 Å². The number of ether oxygens (including phenoxy) is 3. The minimum Gasteiger partial charge on any atom is -0.494 e. The van der Waals surface area contributed by atoms with Gasteiger partial charge in [-0.25, -0.2) is 0 Å². The van der Waals surface area contributed by atoms with Crippen LogP contribution < -0.4 is 10.2 Å². The van der Waals surface area contributed by atoms with E-state index in [2.05, 4.69) is 23.1 Å². The summed E-state index contributed by atoms with van der Waals surface area (Å²) < 4.78 is 23.6. The fourth-order valence-electron chi connectivity index (χ4n) is 2.45. The Bertz CT molecular complexity index is 644.